The Morgan fingerprint density at radius 1 is 1.07 bits per heavy atom. The molecule has 3 aromatic rings. The molecule has 0 spiro atoms. The van der Waals surface area contributed by atoms with Crippen LogP contribution in [0, 0.1) is 0 Å². The smallest absolute Gasteiger partial charge is 0.344 e. The highest BCUT2D eigenvalue weighted by Crippen LogP contribution is 2.31. The number of carbonyl (C=O) groups excluding carboxylic acids is 1. The molecule has 6 nitrogen and oxygen atoms in total. The summed E-state index contributed by atoms with van der Waals surface area (Å²) in [4.78, 5) is 24.8. The number of benzene rings is 2. The van der Waals surface area contributed by atoms with E-state index in [9.17, 15) is 9.59 Å². The van der Waals surface area contributed by atoms with Crippen molar-refractivity contribution in [3.05, 3.63) is 58.8 Å². The van der Waals surface area contributed by atoms with Crippen LogP contribution in [0.25, 0.3) is 22.3 Å². The van der Waals surface area contributed by atoms with Gasteiger partial charge in [0, 0.05) is 5.56 Å². The zero-order chi connectivity index (χ0) is 19.4. The molecular formula is C21H20O6. The van der Waals surface area contributed by atoms with Gasteiger partial charge < -0.3 is 18.6 Å². The number of fused-ring (bicyclic) bond motifs is 1. The zero-order valence-corrected chi connectivity index (χ0v) is 15.4. The van der Waals surface area contributed by atoms with Crippen LogP contribution in [-0.4, -0.2) is 25.8 Å². The lowest BCUT2D eigenvalue weighted by Crippen LogP contribution is -2.21. The molecule has 0 aliphatic rings. The summed E-state index contributed by atoms with van der Waals surface area (Å²) in [6, 6.07) is 13.9. The lowest BCUT2D eigenvalue weighted by atomic mass is 10.1. The van der Waals surface area contributed by atoms with E-state index in [2.05, 4.69) is 0 Å². The second-order valence-corrected chi connectivity index (χ2v) is 6.14. The molecule has 3 rings (SSSR count). The Labute approximate surface area is 156 Å². The molecule has 0 amide bonds. The van der Waals surface area contributed by atoms with E-state index in [1.807, 2.05) is 0 Å². The third-order valence-electron chi connectivity index (χ3n) is 3.81. The van der Waals surface area contributed by atoms with Crippen molar-refractivity contribution in [1.82, 2.24) is 0 Å². The molecule has 0 aliphatic carbocycles. The fraction of sp³-hybridized carbons (Fsp3) is 0.238. The van der Waals surface area contributed by atoms with E-state index < -0.39 is 5.97 Å². The Morgan fingerprint density at radius 3 is 2.44 bits per heavy atom. The third-order valence-corrected chi connectivity index (χ3v) is 3.81. The summed E-state index contributed by atoms with van der Waals surface area (Å²) in [5, 5.41) is 0.377. The van der Waals surface area contributed by atoms with Gasteiger partial charge in [-0.1, -0.05) is 12.1 Å². The van der Waals surface area contributed by atoms with Gasteiger partial charge in [-0.2, -0.15) is 0 Å². The quantitative estimate of drug-likeness (QED) is 0.616. The molecule has 6 heteroatoms. The number of carbonyl (C=O) groups is 1. The van der Waals surface area contributed by atoms with E-state index in [1.54, 1.807) is 69.5 Å². The molecule has 2 aromatic carbocycles. The summed E-state index contributed by atoms with van der Waals surface area (Å²) >= 11 is 0. The molecule has 0 atom stereocenters. The Morgan fingerprint density at radius 2 is 1.78 bits per heavy atom. The van der Waals surface area contributed by atoms with E-state index in [4.69, 9.17) is 18.6 Å². The van der Waals surface area contributed by atoms with E-state index >= 15 is 0 Å². The molecule has 0 N–H and O–H groups in total. The maximum atomic E-state index is 12.9. The van der Waals surface area contributed by atoms with Gasteiger partial charge in [0.15, 0.2) is 12.4 Å². The minimum Gasteiger partial charge on any atom is -0.497 e. The number of hydrogen-bond donors (Lipinski definition) is 0. The van der Waals surface area contributed by atoms with Crippen molar-refractivity contribution in [3.8, 4) is 22.8 Å². The molecule has 0 aliphatic heterocycles. The van der Waals surface area contributed by atoms with Crippen LogP contribution < -0.4 is 14.9 Å². The van der Waals surface area contributed by atoms with Crippen LogP contribution in [-0.2, 0) is 9.53 Å². The van der Waals surface area contributed by atoms with Gasteiger partial charge in [-0.3, -0.25) is 4.79 Å². The second-order valence-electron chi connectivity index (χ2n) is 6.14. The predicted molar refractivity (Wildman–Crippen MR) is 101 cm³/mol. The van der Waals surface area contributed by atoms with Crippen LogP contribution in [0.5, 0.6) is 11.5 Å². The van der Waals surface area contributed by atoms with Crippen molar-refractivity contribution in [3.63, 3.8) is 0 Å². The topological polar surface area (TPSA) is 75.0 Å². The summed E-state index contributed by atoms with van der Waals surface area (Å²) in [6.45, 7) is 3.10. The van der Waals surface area contributed by atoms with Crippen molar-refractivity contribution in [2.75, 3.05) is 13.7 Å². The highest BCUT2D eigenvalue weighted by molar-refractivity contribution is 5.82. The Hall–Kier alpha value is -3.28. The van der Waals surface area contributed by atoms with Gasteiger partial charge in [-0.25, -0.2) is 4.79 Å². The first-order valence-electron chi connectivity index (χ1n) is 8.52. The molecule has 0 saturated heterocycles. The average Bonchev–Trinajstić information content (AvgIpc) is 2.66. The SMILES string of the molecule is COc1ccc(-c2oc3ccccc3c(=O)c2OCC(=O)OC(C)C)cc1. The summed E-state index contributed by atoms with van der Waals surface area (Å²) in [5.41, 5.74) is 0.719. The van der Waals surface area contributed by atoms with Crippen molar-refractivity contribution in [1.29, 1.82) is 0 Å². The molecule has 0 radical (unpaired) electrons. The number of esters is 1. The zero-order valence-electron chi connectivity index (χ0n) is 15.4. The minimum absolute atomic E-state index is 0.0282. The van der Waals surface area contributed by atoms with Gasteiger partial charge in [-0.15, -0.1) is 0 Å². The number of methoxy groups -OCH3 is 1. The van der Waals surface area contributed by atoms with Crippen molar-refractivity contribution in [2.24, 2.45) is 0 Å². The lowest BCUT2D eigenvalue weighted by Gasteiger charge is -2.12. The Balaban J connectivity index is 2.06. The van der Waals surface area contributed by atoms with Crippen LogP contribution in [0.15, 0.2) is 57.7 Å². The maximum Gasteiger partial charge on any atom is 0.344 e. The molecule has 0 saturated carbocycles. The number of ether oxygens (including phenoxy) is 3. The summed E-state index contributed by atoms with van der Waals surface area (Å²) in [7, 11) is 1.57. The minimum atomic E-state index is -0.557. The first-order valence-corrected chi connectivity index (χ1v) is 8.52. The number of rotatable bonds is 6. The van der Waals surface area contributed by atoms with Gasteiger partial charge in [0.25, 0.3) is 0 Å². The van der Waals surface area contributed by atoms with Crippen LogP contribution >= 0.6 is 0 Å². The van der Waals surface area contributed by atoms with E-state index in [0.29, 0.717) is 22.3 Å². The Kier molecular flexibility index (Phi) is 5.45. The van der Waals surface area contributed by atoms with Crippen molar-refractivity contribution >= 4 is 16.9 Å². The molecule has 0 bridgehead atoms. The first kappa shape index (κ1) is 18.5. The number of hydrogen-bond acceptors (Lipinski definition) is 6. The maximum absolute atomic E-state index is 12.9. The highest BCUT2D eigenvalue weighted by Gasteiger charge is 2.19. The lowest BCUT2D eigenvalue weighted by molar-refractivity contribution is -0.149. The molecule has 140 valence electrons. The van der Waals surface area contributed by atoms with Gasteiger partial charge in [0.2, 0.25) is 11.2 Å². The van der Waals surface area contributed by atoms with Crippen LogP contribution in [0.3, 0.4) is 0 Å². The van der Waals surface area contributed by atoms with Crippen molar-refractivity contribution < 1.29 is 23.4 Å². The van der Waals surface area contributed by atoms with Crippen LogP contribution in [0.2, 0.25) is 0 Å². The third kappa shape index (κ3) is 4.11. The van der Waals surface area contributed by atoms with Crippen LogP contribution in [0.4, 0.5) is 0 Å². The van der Waals surface area contributed by atoms with E-state index in [-0.39, 0.29) is 29.6 Å². The van der Waals surface area contributed by atoms with E-state index in [1.165, 1.54) is 0 Å². The molecule has 1 aromatic heterocycles. The number of para-hydroxylation sites is 1. The summed E-state index contributed by atoms with van der Waals surface area (Å²) in [6.07, 6.45) is -0.268. The van der Waals surface area contributed by atoms with Gasteiger partial charge in [-0.05, 0) is 50.2 Å². The first-order chi connectivity index (χ1) is 13.0. The molecule has 0 fully saturated rings. The predicted octanol–water partition coefficient (Wildman–Crippen LogP) is 3.80. The highest BCUT2D eigenvalue weighted by atomic mass is 16.6. The van der Waals surface area contributed by atoms with Gasteiger partial charge >= 0.3 is 5.97 Å². The van der Waals surface area contributed by atoms with Gasteiger partial charge in [0.1, 0.15) is 11.3 Å². The fourth-order valence-corrected chi connectivity index (χ4v) is 2.62. The molecule has 1 heterocycles. The largest absolute Gasteiger partial charge is 0.497 e. The summed E-state index contributed by atoms with van der Waals surface area (Å²) in [5.74, 6) is 0.335. The van der Waals surface area contributed by atoms with Crippen LogP contribution in [0.1, 0.15) is 13.8 Å². The normalized spacial score (nSPS) is 10.8. The fourth-order valence-electron chi connectivity index (χ4n) is 2.62. The standard InChI is InChI=1S/C21H20O6/c1-13(2)26-18(22)12-25-21-19(23)16-6-4-5-7-17(16)27-20(21)14-8-10-15(24-3)11-9-14/h4-11,13H,12H2,1-3H3. The average molecular weight is 368 g/mol. The van der Waals surface area contributed by atoms with Gasteiger partial charge in [0.05, 0.1) is 18.6 Å². The monoisotopic (exact) mass is 368 g/mol. The Bertz CT molecular complexity index is 1000. The molecule has 0 unspecified atom stereocenters. The van der Waals surface area contributed by atoms with Crippen molar-refractivity contribution in [2.45, 2.75) is 20.0 Å². The van der Waals surface area contributed by atoms with E-state index in [0.717, 1.165) is 0 Å². The molecule has 27 heavy (non-hydrogen) atoms. The summed E-state index contributed by atoms with van der Waals surface area (Å²) < 4.78 is 21.7. The molecular weight excluding hydrogens is 348 g/mol. The second kappa shape index (κ2) is 7.95.